The van der Waals surface area contributed by atoms with Crippen LogP contribution in [0.15, 0.2) is 23.6 Å². The summed E-state index contributed by atoms with van der Waals surface area (Å²) in [5, 5.41) is 3.20. The molecule has 0 aliphatic heterocycles. The molecule has 3 heteroatoms. The normalized spacial score (nSPS) is 11.6. The van der Waals surface area contributed by atoms with Crippen molar-refractivity contribution in [3.05, 3.63) is 34.2 Å². The molecule has 2 rings (SSSR count). The Hall–Kier alpha value is -1.35. The van der Waals surface area contributed by atoms with E-state index in [-0.39, 0.29) is 5.41 Å². The summed E-state index contributed by atoms with van der Waals surface area (Å²) < 4.78 is 5.45. The van der Waals surface area contributed by atoms with E-state index in [1.807, 2.05) is 13.0 Å². The van der Waals surface area contributed by atoms with Crippen molar-refractivity contribution in [1.82, 2.24) is 4.98 Å². The first kappa shape index (κ1) is 13.1. The number of rotatable bonds is 2. The average molecular weight is 261 g/mol. The van der Waals surface area contributed by atoms with Crippen molar-refractivity contribution in [1.29, 1.82) is 0 Å². The maximum absolute atomic E-state index is 5.45. The van der Waals surface area contributed by atoms with Crippen LogP contribution in [0, 0.1) is 6.92 Å². The van der Waals surface area contributed by atoms with E-state index in [1.165, 1.54) is 5.56 Å². The van der Waals surface area contributed by atoms with Gasteiger partial charge in [-0.3, -0.25) is 0 Å². The minimum absolute atomic E-state index is 0.0619. The Morgan fingerprint density at radius 2 is 1.94 bits per heavy atom. The summed E-state index contributed by atoms with van der Waals surface area (Å²) in [5.41, 5.74) is 3.48. The molecule has 0 N–H and O–H groups in total. The Balaban J connectivity index is 2.52. The Labute approximate surface area is 113 Å². The van der Waals surface area contributed by atoms with Gasteiger partial charge in [-0.1, -0.05) is 20.8 Å². The van der Waals surface area contributed by atoms with Crippen LogP contribution in [0.3, 0.4) is 0 Å². The third-order valence-electron chi connectivity index (χ3n) is 2.92. The minimum Gasteiger partial charge on any atom is -0.496 e. The molecule has 0 saturated carbocycles. The molecule has 2 aromatic rings. The van der Waals surface area contributed by atoms with Crippen LogP contribution in [-0.2, 0) is 5.41 Å². The maximum Gasteiger partial charge on any atom is 0.122 e. The van der Waals surface area contributed by atoms with Gasteiger partial charge in [-0.2, -0.15) is 0 Å². The third-order valence-corrected chi connectivity index (χ3v) is 3.70. The fourth-order valence-electron chi connectivity index (χ4n) is 1.95. The largest absolute Gasteiger partial charge is 0.496 e. The molecule has 2 nitrogen and oxygen atoms in total. The first-order valence-corrected chi connectivity index (χ1v) is 6.91. The molecule has 1 aromatic heterocycles. The van der Waals surface area contributed by atoms with Gasteiger partial charge >= 0.3 is 0 Å². The Bertz CT molecular complexity index is 552. The minimum atomic E-state index is 0.0619. The number of hydrogen-bond acceptors (Lipinski definition) is 3. The first-order valence-electron chi connectivity index (χ1n) is 6.03. The van der Waals surface area contributed by atoms with Crippen molar-refractivity contribution in [3.63, 3.8) is 0 Å². The third kappa shape index (κ3) is 2.56. The molecular weight excluding hydrogens is 242 g/mol. The summed E-state index contributed by atoms with van der Waals surface area (Å²) in [6.07, 6.45) is 0. The van der Waals surface area contributed by atoms with Gasteiger partial charge in [0.2, 0.25) is 0 Å². The highest BCUT2D eigenvalue weighted by Crippen LogP contribution is 2.35. The van der Waals surface area contributed by atoms with Crippen molar-refractivity contribution in [2.45, 2.75) is 33.1 Å². The second-order valence-electron chi connectivity index (χ2n) is 5.42. The van der Waals surface area contributed by atoms with Gasteiger partial charge in [0.15, 0.2) is 0 Å². The van der Waals surface area contributed by atoms with Crippen molar-refractivity contribution in [2.24, 2.45) is 0 Å². The molecule has 0 aliphatic rings. The van der Waals surface area contributed by atoms with Crippen LogP contribution in [0.1, 0.15) is 31.3 Å². The highest BCUT2D eigenvalue weighted by Gasteiger charge is 2.19. The van der Waals surface area contributed by atoms with Crippen LogP contribution >= 0.6 is 11.3 Å². The molecule has 1 heterocycles. The standard InChI is InChI=1S/C15H19NOS/c1-10-16-13(9-18-10)11-6-7-14(17-5)12(8-11)15(2,3)4/h6-9H,1-5H3. The van der Waals surface area contributed by atoms with Crippen LogP contribution in [0.4, 0.5) is 0 Å². The van der Waals surface area contributed by atoms with Gasteiger partial charge in [0.1, 0.15) is 5.75 Å². The number of aromatic nitrogens is 1. The predicted molar refractivity (Wildman–Crippen MR) is 77.5 cm³/mol. The second kappa shape index (κ2) is 4.73. The number of benzene rings is 1. The van der Waals surface area contributed by atoms with Gasteiger partial charge in [0.05, 0.1) is 17.8 Å². The van der Waals surface area contributed by atoms with Crippen molar-refractivity contribution >= 4 is 11.3 Å². The molecule has 0 bridgehead atoms. The molecule has 0 amide bonds. The molecule has 0 unspecified atom stereocenters. The topological polar surface area (TPSA) is 22.1 Å². The van der Waals surface area contributed by atoms with E-state index in [0.717, 1.165) is 22.0 Å². The van der Waals surface area contributed by atoms with Crippen LogP contribution in [0.5, 0.6) is 5.75 Å². The summed E-state index contributed by atoms with van der Waals surface area (Å²) in [6.45, 7) is 8.62. The van der Waals surface area contributed by atoms with E-state index in [0.29, 0.717) is 0 Å². The smallest absolute Gasteiger partial charge is 0.122 e. The molecule has 0 saturated heterocycles. The molecule has 0 aliphatic carbocycles. The maximum atomic E-state index is 5.45. The van der Waals surface area contributed by atoms with E-state index in [2.05, 4.69) is 43.3 Å². The lowest BCUT2D eigenvalue weighted by Gasteiger charge is -2.22. The van der Waals surface area contributed by atoms with E-state index in [1.54, 1.807) is 18.4 Å². The molecule has 0 fully saturated rings. The van der Waals surface area contributed by atoms with E-state index in [4.69, 9.17) is 4.74 Å². The highest BCUT2D eigenvalue weighted by molar-refractivity contribution is 7.09. The first-order chi connectivity index (χ1) is 8.41. The van der Waals surface area contributed by atoms with Crippen LogP contribution in [0.2, 0.25) is 0 Å². The lowest BCUT2D eigenvalue weighted by atomic mass is 9.85. The van der Waals surface area contributed by atoms with Gasteiger partial charge in [-0.15, -0.1) is 11.3 Å². The number of thiazole rings is 1. The quantitative estimate of drug-likeness (QED) is 0.798. The Morgan fingerprint density at radius 3 is 2.44 bits per heavy atom. The van der Waals surface area contributed by atoms with E-state index >= 15 is 0 Å². The van der Waals surface area contributed by atoms with Gasteiger partial charge in [0.25, 0.3) is 0 Å². The number of nitrogens with zero attached hydrogens (tertiary/aromatic N) is 1. The van der Waals surface area contributed by atoms with Crippen LogP contribution in [-0.4, -0.2) is 12.1 Å². The molecule has 0 radical (unpaired) electrons. The van der Waals surface area contributed by atoms with Gasteiger partial charge in [0, 0.05) is 16.5 Å². The molecular formula is C15H19NOS. The summed E-state index contributed by atoms with van der Waals surface area (Å²) in [5.74, 6) is 0.943. The highest BCUT2D eigenvalue weighted by atomic mass is 32.1. The van der Waals surface area contributed by atoms with E-state index in [9.17, 15) is 0 Å². The van der Waals surface area contributed by atoms with Crippen LogP contribution < -0.4 is 4.74 Å². The Kier molecular flexibility index (Phi) is 3.44. The summed E-state index contributed by atoms with van der Waals surface area (Å²) in [4.78, 5) is 4.54. The predicted octanol–water partition coefficient (Wildman–Crippen LogP) is 4.42. The van der Waals surface area contributed by atoms with E-state index < -0.39 is 0 Å². The number of ether oxygens (including phenoxy) is 1. The number of hydrogen-bond donors (Lipinski definition) is 0. The monoisotopic (exact) mass is 261 g/mol. The average Bonchev–Trinajstić information content (AvgIpc) is 2.74. The molecule has 1 aromatic carbocycles. The molecule has 0 spiro atoms. The van der Waals surface area contributed by atoms with Gasteiger partial charge in [-0.05, 0) is 30.5 Å². The zero-order valence-electron chi connectivity index (χ0n) is 11.6. The number of aryl methyl sites for hydroxylation is 1. The number of methoxy groups -OCH3 is 1. The second-order valence-corrected chi connectivity index (χ2v) is 6.48. The lowest BCUT2D eigenvalue weighted by molar-refractivity contribution is 0.397. The van der Waals surface area contributed by atoms with Crippen molar-refractivity contribution < 1.29 is 4.74 Å². The fourth-order valence-corrected chi connectivity index (χ4v) is 2.57. The lowest BCUT2D eigenvalue weighted by Crippen LogP contribution is -2.12. The molecule has 96 valence electrons. The SMILES string of the molecule is COc1ccc(-c2csc(C)n2)cc1C(C)(C)C. The zero-order valence-corrected chi connectivity index (χ0v) is 12.4. The summed E-state index contributed by atoms with van der Waals surface area (Å²) >= 11 is 1.68. The van der Waals surface area contributed by atoms with Gasteiger partial charge < -0.3 is 4.74 Å². The van der Waals surface area contributed by atoms with Crippen molar-refractivity contribution in [3.8, 4) is 17.0 Å². The van der Waals surface area contributed by atoms with Gasteiger partial charge in [-0.25, -0.2) is 4.98 Å². The summed E-state index contributed by atoms with van der Waals surface area (Å²) in [7, 11) is 1.72. The molecule has 0 atom stereocenters. The zero-order chi connectivity index (χ0) is 13.3. The van der Waals surface area contributed by atoms with Crippen molar-refractivity contribution in [2.75, 3.05) is 7.11 Å². The van der Waals surface area contributed by atoms with Crippen LogP contribution in [0.25, 0.3) is 11.3 Å². The Morgan fingerprint density at radius 1 is 1.22 bits per heavy atom. The fraction of sp³-hybridized carbons (Fsp3) is 0.400. The molecule has 18 heavy (non-hydrogen) atoms. The summed E-state index contributed by atoms with van der Waals surface area (Å²) in [6, 6.07) is 6.29.